The quantitative estimate of drug-likeness (QED) is 0.341. The SMILES string of the molecule is O=C(O)CCCCCCNC(=O)[C@H](COC1CCCCO1)NS(=O)(=O)c1ccc(Cl)cc1. The molecule has 1 fully saturated rings. The van der Waals surface area contributed by atoms with Crippen molar-refractivity contribution in [3.05, 3.63) is 29.3 Å². The highest BCUT2D eigenvalue weighted by molar-refractivity contribution is 7.89. The molecular weight excluding hydrogens is 460 g/mol. The zero-order valence-electron chi connectivity index (χ0n) is 17.9. The molecule has 1 amide bonds. The lowest BCUT2D eigenvalue weighted by Gasteiger charge is -2.25. The topological polar surface area (TPSA) is 131 Å². The fourth-order valence-corrected chi connectivity index (χ4v) is 4.47. The van der Waals surface area contributed by atoms with E-state index in [9.17, 15) is 18.0 Å². The average Bonchev–Trinajstić information content (AvgIpc) is 2.76. The number of hydrogen-bond acceptors (Lipinski definition) is 6. The summed E-state index contributed by atoms with van der Waals surface area (Å²) < 4.78 is 39.1. The van der Waals surface area contributed by atoms with E-state index in [0.717, 1.165) is 25.7 Å². The second-order valence-electron chi connectivity index (χ2n) is 7.61. The lowest BCUT2D eigenvalue weighted by molar-refractivity contribution is -0.167. The lowest BCUT2D eigenvalue weighted by Crippen LogP contribution is -2.50. The van der Waals surface area contributed by atoms with Gasteiger partial charge in [-0.15, -0.1) is 0 Å². The van der Waals surface area contributed by atoms with E-state index in [2.05, 4.69) is 10.0 Å². The van der Waals surface area contributed by atoms with E-state index in [1.54, 1.807) is 0 Å². The second-order valence-corrected chi connectivity index (χ2v) is 9.76. The summed E-state index contributed by atoms with van der Waals surface area (Å²) in [6.45, 7) is 0.757. The van der Waals surface area contributed by atoms with Crippen molar-refractivity contribution < 1.29 is 32.6 Å². The number of carboxylic acid groups (broad SMARTS) is 1. The molecule has 1 aromatic carbocycles. The first-order valence-electron chi connectivity index (χ1n) is 10.8. The van der Waals surface area contributed by atoms with Crippen LogP contribution in [0.5, 0.6) is 0 Å². The summed E-state index contributed by atoms with van der Waals surface area (Å²) in [4.78, 5) is 23.2. The van der Waals surface area contributed by atoms with Crippen molar-refractivity contribution >= 4 is 33.5 Å². The summed E-state index contributed by atoms with van der Waals surface area (Å²) in [6.07, 6.45) is 5.00. The molecule has 2 rings (SSSR count). The predicted molar refractivity (Wildman–Crippen MR) is 119 cm³/mol. The van der Waals surface area contributed by atoms with Gasteiger partial charge in [0.1, 0.15) is 6.04 Å². The van der Waals surface area contributed by atoms with Gasteiger partial charge in [-0.25, -0.2) is 8.42 Å². The minimum absolute atomic E-state index is 0.00736. The third-order valence-electron chi connectivity index (χ3n) is 4.94. The Kier molecular flexibility index (Phi) is 11.4. The van der Waals surface area contributed by atoms with Crippen molar-refractivity contribution in [1.82, 2.24) is 10.0 Å². The zero-order valence-corrected chi connectivity index (χ0v) is 19.5. The zero-order chi connectivity index (χ0) is 23.4. The molecule has 0 aromatic heterocycles. The normalized spacial score (nSPS) is 17.6. The van der Waals surface area contributed by atoms with Gasteiger partial charge in [0.05, 0.1) is 11.5 Å². The maximum atomic E-state index is 12.7. The van der Waals surface area contributed by atoms with E-state index in [4.69, 9.17) is 26.2 Å². The summed E-state index contributed by atoms with van der Waals surface area (Å²) in [7, 11) is -3.97. The molecule has 0 radical (unpaired) electrons. The predicted octanol–water partition coefficient (Wildman–Crippen LogP) is 2.68. The molecular formula is C21H31ClN2O7S. The standard InChI is InChI=1S/C21H31ClN2O7S/c22-16-9-11-17(12-10-16)32(28,29)24-18(15-31-20-8-4-6-14-30-20)21(27)23-13-5-2-1-3-7-19(25)26/h9-12,18,20,24H,1-8,13-15H2,(H,23,27)(H,25,26)/t18-,20?/m0/s1. The van der Waals surface area contributed by atoms with Crippen LogP contribution in [-0.4, -0.2) is 57.5 Å². The smallest absolute Gasteiger partial charge is 0.303 e. The number of halogens is 1. The number of hydrogen-bond donors (Lipinski definition) is 3. The lowest BCUT2D eigenvalue weighted by atomic mass is 10.1. The average molecular weight is 491 g/mol. The molecule has 3 N–H and O–H groups in total. The monoisotopic (exact) mass is 490 g/mol. The van der Waals surface area contributed by atoms with Crippen LogP contribution in [0.1, 0.15) is 51.4 Å². The van der Waals surface area contributed by atoms with Gasteiger partial charge in [0.2, 0.25) is 15.9 Å². The number of sulfonamides is 1. The number of amides is 1. The Hall–Kier alpha value is -1.72. The van der Waals surface area contributed by atoms with Crippen LogP contribution in [0.15, 0.2) is 29.2 Å². The van der Waals surface area contributed by atoms with Crippen molar-refractivity contribution in [3.63, 3.8) is 0 Å². The molecule has 0 saturated carbocycles. The van der Waals surface area contributed by atoms with Crippen molar-refractivity contribution in [1.29, 1.82) is 0 Å². The number of unbranched alkanes of at least 4 members (excludes halogenated alkanes) is 3. The van der Waals surface area contributed by atoms with Crippen LogP contribution in [0.2, 0.25) is 5.02 Å². The van der Waals surface area contributed by atoms with E-state index >= 15 is 0 Å². The molecule has 1 aliphatic heterocycles. The largest absolute Gasteiger partial charge is 0.481 e. The number of carbonyl (C=O) groups excluding carboxylic acids is 1. The van der Waals surface area contributed by atoms with Gasteiger partial charge < -0.3 is 19.9 Å². The van der Waals surface area contributed by atoms with E-state index < -0.39 is 34.2 Å². The van der Waals surface area contributed by atoms with Gasteiger partial charge in [-0.1, -0.05) is 24.4 Å². The van der Waals surface area contributed by atoms with Gasteiger partial charge >= 0.3 is 5.97 Å². The number of ether oxygens (including phenoxy) is 2. The molecule has 2 atom stereocenters. The summed E-state index contributed by atoms with van der Waals surface area (Å²) in [5, 5.41) is 11.8. The molecule has 1 saturated heterocycles. The van der Waals surface area contributed by atoms with Gasteiger partial charge in [0, 0.05) is 24.6 Å². The number of benzene rings is 1. The van der Waals surface area contributed by atoms with Crippen molar-refractivity contribution in [3.8, 4) is 0 Å². The molecule has 11 heteroatoms. The number of nitrogens with one attached hydrogen (secondary N) is 2. The molecule has 1 unspecified atom stereocenters. The van der Waals surface area contributed by atoms with Crippen molar-refractivity contribution in [2.75, 3.05) is 19.8 Å². The molecule has 32 heavy (non-hydrogen) atoms. The summed E-state index contributed by atoms with van der Waals surface area (Å²) in [5.74, 6) is -1.32. The number of aliphatic carboxylic acids is 1. The van der Waals surface area contributed by atoms with E-state index in [0.29, 0.717) is 37.4 Å². The first-order valence-corrected chi connectivity index (χ1v) is 12.6. The summed E-state index contributed by atoms with van der Waals surface area (Å²) >= 11 is 5.83. The number of carbonyl (C=O) groups is 2. The Morgan fingerprint density at radius 3 is 2.53 bits per heavy atom. The van der Waals surface area contributed by atoms with E-state index in [-0.39, 0.29) is 17.9 Å². The molecule has 1 aliphatic rings. The van der Waals surface area contributed by atoms with Gasteiger partial charge in [-0.3, -0.25) is 9.59 Å². The fraction of sp³-hybridized carbons (Fsp3) is 0.619. The highest BCUT2D eigenvalue weighted by Crippen LogP contribution is 2.16. The molecule has 9 nitrogen and oxygen atoms in total. The molecule has 180 valence electrons. The first kappa shape index (κ1) is 26.5. The van der Waals surface area contributed by atoms with Crippen LogP contribution < -0.4 is 10.0 Å². The van der Waals surface area contributed by atoms with Gasteiger partial charge in [0.15, 0.2) is 6.29 Å². The Bertz CT molecular complexity index is 827. The van der Waals surface area contributed by atoms with Gasteiger partial charge in [-0.05, 0) is 56.4 Å². The molecule has 1 heterocycles. The number of carboxylic acids is 1. The maximum Gasteiger partial charge on any atom is 0.303 e. The highest BCUT2D eigenvalue weighted by Gasteiger charge is 2.27. The maximum absolute atomic E-state index is 12.7. The third kappa shape index (κ3) is 9.83. The summed E-state index contributed by atoms with van der Waals surface area (Å²) in [5.41, 5.74) is 0. The Labute approximate surface area is 193 Å². The van der Waals surface area contributed by atoms with Crippen LogP contribution >= 0.6 is 11.6 Å². The Balaban J connectivity index is 1.91. The first-order chi connectivity index (χ1) is 15.3. The molecule has 0 aliphatic carbocycles. The van der Waals surface area contributed by atoms with Crippen LogP contribution in [0.4, 0.5) is 0 Å². The van der Waals surface area contributed by atoms with Crippen LogP contribution in [0, 0.1) is 0 Å². The van der Waals surface area contributed by atoms with Crippen LogP contribution in [0.3, 0.4) is 0 Å². The second kappa shape index (κ2) is 13.7. The molecule has 1 aromatic rings. The molecule has 0 spiro atoms. The Morgan fingerprint density at radius 1 is 1.16 bits per heavy atom. The van der Waals surface area contributed by atoms with Crippen LogP contribution in [0.25, 0.3) is 0 Å². The van der Waals surface area contributed by atoms with Crippen molar-refractivity contribution in [2.24, 2.45) is 0 Å². The molecule has 0 bridgehead atoms. The third-order valence-corrected chi connectivity index (χ3v) is 6.68. The van der Waals surface area contributed by atoms with Crippen LogP contribution in [-0.2, 0) is 29.1 Å². The minimum Gasteiger partial charge on any atom is -0.481 e. The van der Waals surface area contributed by atoms with Crippen molar-refractivity contribution in [2.45, 2.75) is 68.6 Å². The van der Waals surface area contributed by atoms with E-state index in [1.807, 2.05) is 0 Å². The number of rotatable bonds is 14. The van der Waals surface area contributed by atoms with Gasteiger partial charge in [0.25, 0.3) is 0 Å². The van der Waals surface area contributed by atoms with E-state index in [1.165, 1.54) is 24.3 Å². The highest BCUT2D eigenvalue weighted by atomic mass is 35.5. The minimum atomic E-state index is -3.97. The fourth-order valence-electron chi connectivity index (χ4n) is 3.17. The Morgan fingerprint density at radius 2 is 1.88 bits per heavy atom. The summed E-state index contributed by atoms with van der Waals surface area (Å²) in [6, 6.07) is 4.52. The van der Waals surface area contributed by atoms with Gasteiger partial charge in [-0.2, -0.15) is 4.72 Å².